The maximum Gasteiger partial charge on any atom is 0.0824 e. The van der Waals surface area contributed by atoms with Crippen LogP contribution in [0, 0.1) is 5.92 Å². The van der Waals surface area contributed by atoms with Gasteiger partial charge in [0.25, 0.3) is 0 Å². The second kappa shape index (κ2) is 9.05. The molecule has 3 aliphatic rings. The molecule has 0 radical (unpaired) electrons. The molecule has 1 saturated heterocycles. The summed E-state index contributed by atoms with van der Waals surface area (Å²) < 4.78 is 0. The van der Waals surface area contributed by atoms with E-state index in [1.807, 2.05) is 6.92 Å². The van der Waals surface area contributed by atoms with Gasteiger partial charge in [0.05, 0.1) is 11.7 Å². The lowest BCUT2D eigenvalue weighted by Crippen LogP contribution is -2.59. The maximum atomic E-state index is 11.7. The lowest BCUT2D eigenvalue weighted by molar-refractivity contribution is -0.102. The Morgan fingerprint density at radius 2 is 1.72 bits per heavy atom. The molecular weight excluding hydrogens is 360 g/mol. The molecule has 1 aromatic rings. The largest absolute Gasteiger partial charge is 0.392 e. The lowest BCUT2D eigenvalue weighted by atomic mass is 9.75. The third kappa shape index (κ3) is 4.56. The fourth-order valence-corrected chi connectivity index (χ4v) is 6.25. The SMILES string of the molecule is CC(O)CN1CCC(O)(C(C)N2CCc3ccccc3C2C2CCCCC2)CC1. The Balaban J connectivity index is 1.54. The van der Waals surface area contributed by atoms with Gasteiger partial charge in [-0.2, -0.15) is 0 Å². The summed E-state index contributed by atoms with van der Waals surface area (Å²) in [6.45, 7) is 7.65. The minimum Gasteiger partial charge on any atom is -0.392 e. The number of likely N-dealkylation sites (tertiary alicyclic amines) is 1. The van der Waals surface area contributed by atoms with Crippen LogP contribution in [0.5, 0.6) is 0 Å². The highest BCUT2D eigenvalue weighted by Crippen LogP contribution is 2.45. The number of rotatable bonds is 5. The van der Waals surface area contributed by atoms with Crippen molar-refractivity contribution in [2.75, 3.05) is 26.2 Å². The summed E-state index contributed by atoms with van der Waals surface area (Å²) in [6.07, 6.45) is 9.12. The van der Waals surface area contributed by atoms with Crippen LogP contribution in [0.25, 0.3) is 0 Å². The quantitative estimate of drug-likeness (QED) is 0.790. The second-order valence-corrected chi connectivity index (χ2v) is 9.96. The number of hydrogen-bond donors (Lipinski definition) is 2. The molecule has 4 heteroatoms. The molecule has 29 heavy (non-hydrogen) atoms. The molecule has 4 nitrogen and oxygen atoms in total. The molecule has 2 N–H and O–H groups in total. The van der Waals surface area contributed by atoms with Crippen molar-refractivity contribution in [3.8, 4) is 0 Å². The molecule has 2 fully saturated rings. The number of β-amino-alcohol motifs (C(OH)–C–C–N with tert-alkyl or cyclic N) is 1. The van der Waals surface area contributed by atoms with Gasteiger partial charge in [0.1, 0.15) is 0 Å². The van der Waals surface area contributed by atoms with Gasteiger partial charge in [-0.05, 0) is 63.0 Å². The fraction of sp³-hybridized carbons (Fsp3) is 0.760. The molecule has 1 aliphatic carbocycles. The van der Waals surface area contributed by atoms with Crippen molar-refractivity contribution in [1.29, 1.82) is 0 Å². The summed E-state index contributed by atoms with van der Waals surface area (Å²) in [5, 5.41) is 21.4. The molecule has 0 spiro atoms. The number of fused-ring (bicyclic) bond motifs is 1. The zero-order chi connectivity index (χ0) is 20.4. The first-order chi connectivity index (χ1) is 14.0. The van der Waals surface area contributed by atoms with Crippen molar-refractivity contribution in [3.63, 3.8) is 0 Å². The molecule has 4 rings (SSSR count). The number of aliphatic hydroxyl groups is 2. The fourth-order valence-electron chi connectivity index (χ4n) is 6.25. The molecule has 0 aromatic heterocycles. The summed E-state index contributed by atoms with van der Waals surface area (Å²) in [7, 11) is 0. The Morgan fingerprint density at radius 3 is 2.41 bits per heavy atom. The predicted octanol–water partition coefficient (Wildman–Crippen LogP) is 3.76. The summed E-state index contributed by atoms with van der Waals surface area (Å²) in [5.74, 6) is 0.714. The zero-order valence-corrected chi connectivity index (χ0v) is 18.4. The molecule has 2 aliphatic heterocycles. The average Bonchev–Trinajstić information content (AvgIpc) is 2.74. The van der Waals surface area contributed by atoms with Gasteiger partial charge in [0.2, 0.25) is 0 Å². The lowest BCUT2D eigenvalue weighted by Gasteiger charge is -2.52. The van der Waals surface area contributed by atoms with Crippen LogP contribution in [0.2, 0.25) is 0 Å². The molecule has 3 unspecified atom stereocenters. The van der Waals surface area contributed by atoms with E-state index in [0.29, 0.717) is 18.5 Å². The van der Waals surface area contributed by atoms with Gasteiger partial charge in [-0.25, -0.2) is 0 Å². The van der Waals surface area contributed by atoms with E-state index in [0.717, 1.165) is 38.9 Å². The van der Waals surface area contributed by atoms with Crippen molar-refractivity contribution in [1.82, 2.24) is 9.80 Å². The van der Waals surface area contributed by atoms with E-state index in [4.69, 9.17) is 0 Å². The minimum absolute atomic E-state index is 0.163. The van der Waals surface area contributed by atoms with E-state index < -0.39 is 5.60 Å². The van der Waals surface area contributed by atoms with Crippen LogP contribution in [0.15, 0.2) is 24.3 Å². The van der Waals surface area contributed by atoms with E-state index in [1.54, 1.807) is 0 Å². The van der Waals surface area contributed by atoms with E-state index in [-0.39, 0.29) is 12.1 Å². The summed E-state index contributed by atoms with van der Waals surface area (Å²) in [4.78, 5) is 4.97. The van der Waals surface area contributed by atoms with Gasteiger partial charge in [0, 0.05) is 38.3 Å². The van der Waals surface area contributed by atoms with Crippen molar-refractivity contribution >= 4 is 0 Å². The smallest absolute Gasteiger partial charge is 0.0824 e. The van der Waals surface area contributed by atoms with Gasteiger partial charge >= 0.3 is 0 Å². The van der Waals surface area contributed by atoms with E-state index in [2.05, 4.69) is 41.0 Å². The summed E-state index contributed by atoms with van der Waals surface area (Å²) >= 11 is 0. The first-order valence-electron chi connectivity index (χ1n) is 11.9. The van der Waals surface area contributed by atoms with Gasteiger partial charge in [-0.1, -0.05) is 43.5 Å². The Bertz CT molecular complexity index is 663. The van der Waals surface area contributed by atoms with Crippen LogP contribution in [-0.4, -0.2) is 63.9 Å². The zero-order valence-electron chi connectivity index (χ0n) is 18.4. The minimum atomic E-state index is -0.631. The highest BCUT2D eigenvalue weighted by Gasteiger charge is 2.45. The normalized spacial score (nSPS) is 28.6. The summed E-state index contributed by atoms with van der Waals surface area (Å²) in [6, 6.07) is 9.67. The molecule has 3 atom stereocenters. The standard InChI is InChI=1S/C25H40N2O2/c1-19(28)18-26-16-13-25(29,14-17-26)20(2)27-15-12-21-8-6-7-11-23(21)24(27)22-9-4-3-5-10-22/h6-8,11,19-20,22,24,28-29H,3-5,9-10,12-18H2,1-2H3. The first-order valence-corrected chi connectivity index (χ1v) is 11.9. The maximum absolute atomic E-state index is 11.7. The Hall–Kier alpha value is -0.940. The molecule has 162 valence electrons. The van der Waals surface area contributed by atoms with Crippen LogP contribution < -0.4 is 0 Å². The molecular formula is C25H40N2O2. The molecule has 1 saturated carbocycles. The van der Waals surface area contributed by atoms with E-state index in [1.165, 1.54) is 43.2 Å². The monoisotopic (exact) mass is 400 g/mol. The van der Waals surface area contributed by atoms with Gasteiger partial charge < -0.3 is 15.1 Å². The van der Waals surface area contributed by atoms with Crippen molar-refractivity contribution in [3.05, 3.63) is 35.4 Å². The van der Waals surface area contributed by atoms with Crippen molar-refractivity contribution in [2.24, 2.45) is 5.92 Å². The molecule has 0 amide bonds. The van der Waals surface area contributed by atoms with Gasteiger partial charge in [-0.3, -0.25) is 4.90 Å². The predicted molar refractivity (Wildman–Crippen MR) is 118 cm³/mol. The number of nitrogens with zero attached hydrogens (tertiary/aromatic N) is 2. The van der Waals surface area contributed by atoms with E-state index >= 15 is 0 Å². The van der Waals surface area contributed by atoms with Crippen molar-refractivity contribution < 1.29 is 10.2 Å². The third-order valence-electron chi connectivity index (χ3n) is 7.99. The Morgan fingerprint density at radius 1 is 1.03 bits per heavy atom. The van der Waals surface area contributed by atoms with E-state index in [9.17, 15) is 10.2 Å². The van der Waals surface area contributed by atoms with Crippen LogP contribution in [0.4, 0.5) is 0 Å². The third-order valence-corrected chi connectivity index (χ3v) is 7.99. The topological polar surface area (TPSA) is 46.9 Å². The second-order valence-electron chi connectivity index (χ2n) is 9.96. The Labute approximate surface area is 176 Å². The first kappa shape index (κ1) is 21.3. The number of hydrogen-bond acceptors (Lipinski definition) is 4. The number of benzene rings is 1. The average molecular weight is 401 g/mol. The van der Waals surface area contributed by atoms with Crippen LogP contribution in [0.3, 0.4) is 0 Å². The highest BCUT2D eigenvalue weighted by molar-refractivity contribution is 5.33. The highest BCUT2D eigenvalue weighted by atomic mass is 16.3. The molecule has 2 heterocycles. The van der Waals surface area contributed by atoms with Crippen LogP contribution >= 0.6 is 0 Å². The van der Waals surface area contributed by atoms with Crippen LogP contribution in [-0.2, 0) is 6.42 Å². The Kier molecular flexibility index (Phi) is 6.65. The van der Waals surface area contributed by atoms with Gasteiger partial charge in [-0.15, -0.1) is 0 Å². The van der Waals surface area contributed by atoms with Crippen molar-refractivity contribution in [2.45, 2.75) is 89.0 Å². The van der Waals surface area contributed by atoms with Crippen LogP contribution in [0.1, 0.15) is 76.0 Å². The molecule has 0 bridgehead atoms. The van der Waals surface area contributed by atoms with Gasteiger partial charge in [0.15, 0.2) is 0 Å². The molecule has 1 aromatic carbocycles. The number of piperidine rings is 1. The summed E-state index contributed by atoms with van der Waals surface area (Å²) in [5.41, 5.74) is 2.41. The number of aliphatic hydroxyl groups excluding tert-OH is 1.